The molecule has 90 valence electrons. The first-order chi connectivity index (χ1) is 6.97. The summed E-state index contributed by atoms with van der Waals surface area (Å²) in [7, 11) is 1.90. The van der Waals surface area contributed by atoms with E-state index >= 15 is 0 Å². The van der Waals surface area contributed by atoms with Crippen molar-refractivity contribution in [3.63, 3.8) is 0 Å². The zero-order valence-corrected chi connectivity index (χ0v) is 8.99. The second kappa shape index (κ2) is 5.16. The lowest BCUT2D eigenvalue weighted by Gasteiger charge is -2.14. The predicted molar refractivity (Wildman–Crippen MR) is 51.7 cm³/mol. The minimum absolute atomic E-state index is 0.213. The molecule has 1 saturated carbocycles. The molecule has 0 bridgehead atoms. The molecule has 0 heterocycles. The molecule has 0 radical (unpaired) electrons. The highest BCUT2D eigenvalue weighted by Crippen LogP contribution is 2.48. The largest absolute Gasteiger partial charge is 0.411 e. The van der Waals surface area contributed by atoms with Crippen molar-refractivity contribution in [2.24, 2.45) is 5.41 Å². The normalized spacial score (nSPS) is 19.2. The van der Waals surface area contributed by atoms with Crippen LogP contribution in [-0.2, 0) is 4.74 Å². The molecule has 0 spiro atoms. The summed E-state index contributed by atoms with van der Waals surface area (Å²) in [6.07, 6.45) is -0.133. The Kier molecular flexibility index (Phi) is 4.40. The first kappa shape index (κ1) is 12.8. The summed E-state index contributed by atoms with van der Waals surface area (Å²) in [5.74, 6) is 0. The fourth-order valence-electron chi connectivity index (χ4n) is 1.80. The zero-order valence-electron chi connectivity index (χ0n) is 8.99. The van der Waals surface area contributed by atoms with Gasteiger partial charge in [-0.15, -0.1) is 0 Å². The van der Waals surface area contributed by atoms with Crippen LogP contribution in [0.1, 0.15) is 25.7 Å². The third-order valence-corrected chi connectivity index (χ3v) is 2.77. The first-order valence-electron chi connectivity index (χ1n) is 5.27. The van der Waals surface area contributed by atoms with Gasteiger partial charge < -0.3 is 10.1 Å². The number of rotatable bonds is 7. The van der Waals surface area contributed by atoms with E-state index in [1.807, 2.05) is 7.05 Å². The van der Waals surface area contributed by atoms with Crippen LogP contribution in [0.5, 0.6) is 0 Å². The van der Waals surface area contributed by atoms with Gasteiger partial charge in [-0.2, -0.15) is 13.2 Å². The lowest BCUT2D eigenvalue weighted by atomic mass is 10.0. The van der Waals surface area contributed by atoms with Crippen LogP contribution in [0.15, 0.2) is 0 Å². The number of ether oxygens (including phenoxy) is 1. The molecular formula is C10H18F3NO. The van der Waals surface area contributed by atoms with Gasteiger partial charge in [0.2, 0.25) is 0 Å². The van der Waals surface area contributed by atoms with Crippen LogP contribution in [-0.4, -0.2) is 33.0 Å². The summed E-state index contributed by atoms with van der Waals surface area (Å²) in [5, 5.41) is 3.11. The maximum Gasteiger partial charge on any atom is 0.411 e. The Labute approximate surface area is 88.2 Å². The van der Waals surface area contributed by atoms with Crippen LogP contribution in [0.3, 0.4) is 0 Å². The summed E-state index contributed by atoms with van der Waals surface area (Å²) in [6.45, 7) is 0.0588. The lowest BCUT2D eigenvalue weighted by molar-refractivity contribution is -0.174. The molecule has 5 heteroatoms. The first-order valence-corrected chi connectivity index (χ1v) is 5.27. The van der Waals surface area contributed by atoms with Gasteiger partial charge in [-0.3, -0.25) is 0 Å². The molecule has 15 heavy (non-hydrogen) atoms. The predicted octanol–water partition coefficient (Wildman–Crippen LogP) is 2.35. The Morgan fingerprint density at radius 1 is 1.33 bits per heavy atom. The molecule has 0 aromatic heterocycles. The van der Waals surface area contributed by atoms with E-state index in [0.717, 1.165) is 19.4 Å². The average Bonchev–Trinajstić information content (AvgIpc) is 2.83. The standard InChI is InChI=1S/C10H18F3NO/c1-14-7-9(4-5-9)3-2-6-15-8-10(11,12)13/h14H,2-8H2,1H3. The summed E-state index contributed by atoms with van der Waals surface area (Å²) in [5.41, 5.74) is 0.357. The van der Waals surface area contributed by atoms with E-state index in [9.17, 15) is 13.2 Å². The van der Waals surface area contributed by atoms with Gasteiger partial charge >= 0.3 is 6.18 Å². The highest BCUT2D eigenvalue weighted by atomic mass is 19.4. The molecule has 0 amide bonds. The smallest absolute Gasteiger partial charge is 0.372 e. The van der Waals surface area contributed by atoms with Crippen molar-refractivity contribution in [3.8, 4) is 0 Å². The Hall–Kier alpha value is -0.290. The number of nitrogens with one attached hydrogen (secondary N) is 1. The molecule has 1 fully saturated rings. The van der Waals surface area contributed by atoms with E-state index in [1.165, 1.54) is 12.8 Å². The van der Waals surface area contributed by atoms with Crippen molar-refractivity contribution in [1.29, 1.82) is 0 Å². The van der Waals surface area contributed by atoms with Gasteiger partial charge in [-0.1, -0.05) is 0 Å². The van der Waals surface area contributed by atoms with Crippen LogP contribution in [0.4, 0.5) is 13.2 Å². The molecular weight excluding hydrogens is 207 g/mol. The average molecular weight is 225 g/mol. The van der Waals surface area contributed by atoms with Gasteiger partial charge in [0.1, 0.15) is 6.61 Å². The number of alkyl halides is 3. The van der Waals surface area contributed by atoms with E-state index < -0.39 is 12.8 Å². The zero-order chi connectivity index (χ0) is 11.4. The van der Waals surface area contributed by atoms with Crippen molar-refractivity contribution >= 4 is 0 Å². The minimum atomic E-state index is -4.19. The molecule has 0 unspecified atom stereocenters. The van der Waals surface area contributed by atoms with Crippen molar-refractivity contribution in [1.82, 2.24) is 5.32 Å². The van der Waals surface area contributed by atoms with E-state index in [4.69, 9.17) is 0 Å². The topological polar surface area (TPSA) is 21.3 Å². The molecule has 2 nitrogen and oxygen atoms in total. The van der Waals surface area contributed by atoms with Crippen LogP contribution in [0.2, 0.25) is 0 Å². The van der Waals surface area contributed by atoms with Gasteiger partial charge in [-0.25, -0.2) is 0 Å². The molecule has 1 aliphatic rings. The molecule has 1 aliphatic carbocycles. The third-order valence-electron chi connectivity index (χ3n) is 2.77. The van der Waals surface area contributed by atoms with E-state index in [1.54, 1.807) is 0 Å². The molecule has 0 aliphatic heterocycles. The van der Waals surface area contributed by atoms with Crippen LogP contribution < -0.4 is 5.32 Å². The van der Waals surface area contributed by atoms with Gasteiger partial charge in [0, 0.05) is 13.2 Å². The maximum atomic E-state index is 11.7. The van der Waals surface area contributed by atoms with Crippen LogP contribution in [0.25, 0.3) is 0 Å². The van der Waals surface area contributed by atoms with E-state index in [0.29, 0.717) is 5.41 Å². The van der Waals surface area contributed by atoms with Gasteiger partial charge in [0.15, 0.2) is 0 Å². The fraction of sp³-hybridized carbons (Fsp3) is 1.00. The summed E-state index contributed by atoms with van der Waals surface area (Å²) in [6, 6.07) is 0. The van der Waals surface area contributed by atoms with Crippen molar-refractivity contribution in [2.45, 2.75) is 31.9 Å². The second-order valence-corrected chi connectivity index (χ2v) is 4.30. The Morgan fingerprint density at radius 2 is 2.00 bits per heavy atom. The van der Waals surface area contributed by atoms with Gasteiger partial charge in [-0.05, 0) is 38.1 Å². The quantitative estimate of drug-likeness (QED) is 0.671. The second-order valence-electron chi connectivity index (χ2n) is 4.30. The molecule has 0 saturated heterocycles. The highest BCUT2D eigenvalue weighted by molar-refractivity contribution is 4.94. The maximum absolute atomic E-state index is 11.7. The molecule has 1 N–H and O–H groups in total. The van der Waals surface area contributed by atoms with Crippen LogP contribution >= 0.6 is 0 Å². The fourth-order valence-corrected chi connectivity index (χ4v) is 1.80. The molecule has 0 atom stereocenters. The summed E-state index contributed by atoms with van der Waals surface area (Å²) < 4.78 is 39.7. The van der Waals surface area contributed by atoms with Crippen molar-refractivity contribution in [3.05, 3.63) is 0 Å². The lowest BCUT2D eigenvalue weighted by Crippen LogP contribution is -2.21. The summed E-state index contributed by atoms with van der Waals surface area (Å²) in [4.78, 5) is 0. The van der Waals surface area contributed by atoms with E-state index in [-0.39, 0.29) is 6.61 Å². The van der Waals surface area contributed by atoms with E-state index in [2.05, 4.69) is 10.1 Å². The molecule has 1 rings (SSSR count). The van der Waals surface area contributed by atoms with Gasteiger partial charge in [0.05, 0.1) is 0 Å². The number of hydrogen-bond donors (Lipinski definition) is 1. The molecule has 0 aromatic rings. The number of hydrogen-bond acceptors (Lipinski definition) is 2. The summed E-state index contributed by atoms with van der Waals surface area (Å²) >= 11 is 0. The minimum Gasteiger partial charge on any atom is -0.372 e. The Morgan fingerprint density at radius 3 is 2.47 bits per heavy atom. The Balaban J connectivity index is 1.98. The Bertz CT molecular complexity index is 190. The highest BCUT2D eigenvalue weighted by Gasteiger charge is 2.40. The van der Waals surface area contributed by atoms with Crippen molar-refractivity contribution < 1.29 is 17.9 Å². The van der Waals surface area contributed by atoms with Gasteiger partial charge in [0.25, 0.3) is 0 Å². The molecule has 0 aromatic carbocycles. The third kappa shape index (κ3) is 5.37. The van der Waals surface area contributed by atoms with Crippen molar-refractivity contribution in [2.75, 3.05) is 26.8 Å². The monoisotopic (exact) mass is 225 g/mol. The van der Waals surface area contributed by atoms with Crippen LogP contribution in [0, 0.1) is 5.41 Å². The number of halogens is 3. The SMILES string of the molecule is CNCC1(CCCOCC(F)(F)F)CC1.